The predicted molar refractivity (Wildman–Crippen MR) is 106 cm³/mol. The van der Waals surface area contributed by atoms with Gasteiger partial charge in [0.1, 0.15) is 0 Å². The van der Waals surface area contributed by atoms with Gasteiger partial charge in [0.15, 0.2) is 10.6 Å². The molecule has 1 heterocycles. The molecular weight excluding hydrogens is 344 g/mol. The van der Waals surface area contributed by atoms with Crippen LogP contribution in [0.25, 0.3) is 11.4 Å². The molecule has 26 heavy (non-hydrogen) atoms. The molecule has 1 fully saturated rings. The second-order valence-corrected chi connectivity index (χ2v) is 7.65. The lowest BCUT2D eigenvalue weighted by molar-refractivity contribution is -0.121. The van der Waals surface area contributed by atoms with Crippen molar-refractivity contribution in [1.29, 1.82) is 0 Å². The minimum absolute atomic E-state index is 0.0781. The van der Waals surface area contributed by atoms with E-state index < -0.39 is 0 Å². The number of aromatic amines is 1. The maximum absolute atomic E-state index is 12.1. The van der Waals surface area contributed by atoms with Crippen molar-refractivity contribution >= 4 is 18.1 Å². The number of amides is 1. The molecule has 1 saturated carbocycles. The average Bonchev–Trinajstić information content (AvgIpc) is 3.27. The Morgan fingerprint density at radius 1 is 1.31 bits per heavy atom. The molecule has 0 unspecified atom stereocenters. The molecule has 0 aliphatic heterocycles. The molecule has 0 atom stereocenters. The number of rotatable bonds is 8. The van der Waals surface area contributed by atoms with E-state index in [0.29, 0.717) is 17.7 Å². The van der Waals surface area contributed by atoms with Crippen molar-refractivity contribution in [3.8, 4) is 11.4 Å². The summed E-state index contributed by atoms with van der Waals surface area (Å²) in [4.78, 5) is 12.1. The largest absolute Gasteiger partial charge is 0.356 e. The Labute approximate surface area is 160 Å². The zero-order valence-corrected chi connectivity index (χ0v) is 16.3. The molecule has 2 aromatic rings. The van der Waals surface area contributed by atoms with Gasteiger partial charge in [-0.3, -0.25) is 14.5 Å². The molecule has 1 aromatic heterocycles. The zero-order valence-electron chi connectivity index (χ0n) is 15.5. The standard InChI is InChI=1S/C20H28N4OS/c1-15-8-10-17(11-9-15)19-22-23-20(26)24(19)14-12-18(25)21-13-4-7-16-5-2-3-6-16/h8-11,16H,2-7,12-14H2,1H3,(H,21,25)(H,23,26). The molecule has 3 rings (SSSR count). The van der Waals surface area contributed by atoms with Crippen LogP contribution in [-0.2, 0) is 11.3 Å². The topological polar surface area (TPSA) is 62.7 Å². The van der Waals surface area contributed by atoms with E-state index in [1.165, 1.54) is 37.7 Å². The highest BCUT2D eigenvalue weighted by Crippen LogP contribution is 2.28. The average molecular weight is 373 g/mol. The van der Waals surface area contributed by atoms with Gasteiger partial charge < -0.3 is 5.32 Å². The number of hydrogen-bond acceptors (Lipinski definition) is 3. The molecule has 2 N–H and O–H groups in total. The number of benzene rings is 1. The number of hydrogen-bond donors (Lipinski definition) is 2. The van der Waals surface area contributed by atoms with Gasteiger partial charge in [-0.25, -0.2) is 0 Å². The molecule has 1 aromatic carbocycles. The van der Waals surface area contributed by atoms with Crippen LogP contribution in [0.3, 0.4) is 0 Å². The Morgan fingerprint density at radius 2 is 2.04 bits per heavy atom. The number of carbonyl (C=O) groups is 1. The van der Waals surface area contributed by atoms with Gasteiger partial charge in [0.2, 0.25) is 5.91 Å². The maximum atomic E-state index is 12.1. The number of H-pyrrole nitrogens is 1. The summed E-state index contributed by atoms with van der Waals surface area (Å²) in [5, 5.41) is 10.2. The van der Waals surface area contributed by atoms with Crippen molar-refractivity contribution in [3.05, 3.63) is 34.6 Å². The van der Waals surface area contributed by atoms with Crippen LogP contribution in [-0.4, -0.2) is 27.2 Å². The summed E-state index contributed by atoms with van der Waals surface area (Å²) in [6.45, 7) is 3.36. The third-order valence-corrected chi connectivity index (χ3v) is 5.53. The Bertz CT molecular complexity index is 772. The molecular formula is C20H28N4OS. The third kappa shape index (κ3) is 5.04. The fraction of sp³-hybridized carbons (Fsp3) is 0.550. The van der Waals surface area contributed by atoms with Gasteiger partial charge in [0.05, 0.1) is 0 Å². The van der Waals surface area contributed by atoms with Crippen molar-refractivity contribution in [2.45, 2.75) is 58.4 Å². The molecule has 0 bridgehead atoms. The van der Waals surface area contributed by atoms with E-state index in [9.17, 15) is 4.79 Å². The number of carbonyl (C=O) groups excluding carboxylic acids is 1. The van der Waals surface area contributed by atoms with Crippen LogP contribution in [0.15, 0.2) is 24.3 Å². The fourth-order valence-electron chi connectivity index (χ4n) is 3.67. The molecule has 1 aliphatic carbocycles. The summed E-state index contributed by atoms with van der Waals surface area (Å²) in [6.07, 6.45) is 8.23. The first-order valence-corrected chi connectivity index (χ1v) is 10.0. The van der Waals surface area contributed by atoms with Gasteiger partial charge in [0, 0.05) is 25.1 Å². The minimum atomic E-state index is 0.0781. The maximum Gasteiger partial charge on any atom is 0.221 e. The first kappa shape index (κ1) is 18.8. The van der Waals surface area contributed by atoms with E-state index in [0.717, 1.165) is 30.3 Å². The summed E-state index contributed by atoms with van der Waals surface area (Å²) in [7, 11) is 0. The monoisotopic (exact) mass is 372 g/mol. The highest BCUT2D eigenvalue weighted by atomic mass is 32.1. The van der Waals surface area contributed by atoms with Gasteiger partial charge in [-0.05, 0) is 37.9 Å². The Balaban J connectivity index is 1.48. The van der Waals surface area contributed by atoms with Crippen LogP contribution in [0, 0.1) is 17.6 Å². The second kappa shape index (κ2) is 9.12. The van der Waals surface area contributed by atoms with Gasteiger partial charge >= 0.3 is 0 Å². The third-order valence-electron chi connectivity index (χ3n) is 5.22. The quantitative estimate of drug-likeness (QED) is 0.533. The fourth-order valence-corrected chi connectivity index (χ4v) is 3.89. The van der Waals surface area contributed by atoms with Crippen molar-refractivity contribution < 1.29 is 4.79 Å². The summed E-state index contributed by atoms with van der Waals surface area (Å²) in [6, 6.07) is 8.16. The van der Waals surface area contributed by atoms with Crippen molar-refractivity contribution in [2.24, 2.45) is 5.92 Å². The lowest BCUT2D eigenvalue weighted by atomic mass is 10.0. The number of nitrogens with zero attached hydrogens (tertiary/aromatic N) is 2. The molecule has 6 heteroatoms. The van der Waals surface area contributed by atoms with Gasteiger partial charge in [0.25, 0.3) is 0 Å². The van der Waals surface area contributed by atoms with E-state index in [-0.39, 0.29) is 5.91 Å². The predicted octanol–water partition coefficient (Wildman–Crippen LogP) is 4.39. The summed E-state index contributed by atoms with van der Waals surface area (Å²) < 4.78 is 2.45. The highest BCUT2D eigenvalue weighted by Gasteiger charge is 2.14. The van der Waals surface area contributed by atoms with Crippen LogP contribution in [0.5, 0.6) is 0 Å². The van der Waals surface area contributed by atoms with Crippen LogP contribution in [0.1, 0.15) is 50.5 Å². The van der Waals surface area contributed by atoms with Crippen molar-refractivity contribution in [3.63, 3.8) is 0 Å². The number of aromatic nitrogens is 3. The summed E-state index contributed by atoms with van der Waals surface area (Å²) >= 11 is 5.33. The zero-order chi connectivity index (χ0) is 18.4. The van der Waals surface area contributed by atoms with Gasteiger partial charge in [-0.15, -0.1) is 0 Å². The first-order valence-electron chi connectivity index (χ1n) is 9.62. The molecule has 1 amide bonds. The summed E-state index contributed by atoms with van der Waals surface area (Å²) in [5.74, 6) is 1.74. The van der Waals surface area contributed by atoms with Crippen LogP contribution >= 0.6 is 12.2 Å². The lowest BCUT2D eigenvalue weighted by Crippen LogP contribution is -2.25. The van der Waals surface area contributed by atoms with E-state index in [1.807, 2.05) is 16.7 Å². The van der Waals surface area contributed by atoms with E-state index >= 15 is 0 Å². The molecule has 0 radical (unpaired) electrons. The Morgan fingerprint density at radius 3 is 2.77 bits per heavy atom. The summed E-state index contributed by atoms with van der Waals surface area (Å²) in [5.41, 5.74) is 2.20. The number of nitrogens with one attached hydrogen (secondary N) is 2. The van der Waals surface area contributed by atoms with E-state index in [4.69, 9.17) is 12.2 Å². The first-order chi connectivity index (χ1) is 12.6. The van der Waals surface area contributed by atoms with E-state index in [1.54, 1.807) is 0 Å². The van der Waals surface area contributed by atoms with Gasteiger partial charge in [-0.1, -0.05) is 55.5 Å². The van der Waals surface area contributed by atoms with E-state index in [2.05, 4.69) is 34.6 Å². The molecule has 1 aliphatic rings. The lowest BCUT2D eigenvalue weighted by Gasteiger charge is -2.10. The highest BCUT2D eigenvalue weighted by molar-refractivity contribution is 7.71. The van der Waals surface area contributed by atoms with Crippen LogP contribution in [0.2, 0.25) is 0 Å². The molecule has 140 valence electrons. The normalized spacial score (nSPS) is 14.7. The minimum Gasteiger partial charge on any atom is -0.356 e. The van der Waals surface area contributed by atoms with Crippen LogP contribution in [0.4, 0.5) is 0 Å². The van der Waals surface area contributed by atoms with Crippen molar-refractivity contribution in [2.75, 3.05) is 6.54 Å². The Kier molecular flexibility index (Phi) is 6.61. The Hall–Kier alpha value is -1.95. The molecule has 5 nitrogen and oxygen atoms in total. The smallest absolute Gasteiger partial charge is 0.221 e. The van der Waals surface area contributed by atoms with Crippen LogP contribution < -0.4 is 5.32 Å². The number of aryl methyl sites for hydroxylation is 1. The van der Waals surface area contributed by atoms with Gasteiger partial charge in [-0.2, -0.15) is 5.10 Å². The molecule has 0 saturated heterocycles. The molecule has 0 spiro atoms. The second-order valence-electron chi connectivity index (χ2n) is 7.26. The van der Waals surface area contributed by atoms with Crippen molar-refractivity contribution in [1.82, 2.24) is 20.1 Å². The SMILES string of the molecule is Cc1ccc(-c2n[nH]c(=S)n2CCC(=O)NCCCC2CCCC2)cc1.